The first-order valence-corrected chi connectivity index (χ1v) is 14.4. The number of hydrogen-bond acceptors (Lipinski definition) is 4. The van der Waals surface area contributed by atoms with E-state index in [0.29, 0.717) is 24.0 Å². The van der Waals surface area contributed by atoms with Crippen LogP contribution in [0.25, 0.3) is 0 Å². The highest BCUT2D eigenvalue weighted by Crippen LogP contribution is 2.13. The number of hydrogen-bond donors (Lipinski definition) is 3. The fraction of sp³-hybridized carbons (Fsp3) is 0.958. The number of rotatable bonds is 22. The minimum atomic E-state index is -4.17. The summed E-state index contributed by atoms with van der Waals surface area (Å²) in [6.07, 6.45) is 17.0. The summed E-state index contributed by atoms with van der Waals surface area (Å²) in [7, 11) is -0.391. The van der Waals surface area contributed by atoms with Gasteiger partial charge < -0.3 is 14.9 Å². The van der Waals surface area contributed by atoms with Gasteiger partial charge in [0.1, 0.15) is 18.4 Å². The lowest BCUT2D eigenvalue weighted by Gasteiger charge is -2.31. The van der Waals surface area contributed by atoms with E-state index < -0.39 is 22.0 Å². The lowest BCUT2D eigenvalue weighted by Crippen LogP contribution is -2.48. The molecule has 0 aliphatic heterocycles. The molecule has 0 aliphatic carbocycles. The van der Waals surface area contributed by atoms with Crippen molar-refractivity contribution < 1.29 is 27.4 Å². The third-order valence-corrected chi connectivity index (χ3v) is 6.68. The zero-order chi connectivity index (χ0) is 24.3. The number of nitrogens with one attached hydrogen (secondary N) is 1. The summed E-state index contributed by atoms with van der Waals surface area (Å²) in [5.74, 6) is -0.561. The normalized spacial score (nSPS) is 13.3. The summed E-state index contributed by atoms with van der Waals surface area (Å²) in [6.45, 7) is 3.76. The molecule has 1 atom stereocenters. The molecule has 0 rings (SSSR count). The van der Waals surface area contributed by atoms with Gasteiger partial charge in [-0.05, 0) is 6.42 Å². The molecule has 8 heteroatoms. The van der Waals surface area contributed by atoms with E-state index in [0.717, 1.165) is 19.3 Å². The Kier molecular flexibility index (Phi) is 18.3. The van der Waals surface area contributed by atoms with Crippen LogP contribution in [0.3, 0.4) is 0 Å². The molecule has 0 aromatic heterocycles. The molecule has 3 N–H and O–H groups in total. The van der Waals surface area contributed by atoms with Crippen LogP contribution in [0.4, 0.5) is 0 Å². The third-order valence-electron chi connectivity index (χ3n) is 5.88. The average Bonchev–Trinajstić information content (AvgIpc) is 2.67. The van der Waals surface area contributed by atoms with Crippen molar-refractivity contribution >= 4 is 16.0 Å². The Bertz CT molecular complexity index is 567. The van der Waals surface area contributed by atoms with Gasteiger partial charge in [-0.3, -0.25) is 9.35 Å². The second-order valence-corrected chi connectivity index (χ2v) is 11.4. The largest absolute Gasteiger partial charge is 0.386 e. The van der Waals surface area contributed by atoms with Gasteiger partial charge in [-0.15, -0.1) is 0 Å². The highest BCUT2D eigenvalue weighted by molar-refractivity contribution is 7.85. The van der Waals surface area contributed by atoms with Gasteiger partial charge in [0, 0.05) is 19.4 Å². The second kappa shape index (κ2) is 18.7. The molecular weight excluding hydrogens is 428 g/mol. The third kappa shape index (κ3) is 22.5. The van der Waals surface area contributed by atoms with Crippen LogP contribution in [0.5, 0.6) is 0 Å². The molecule has 7 nitrogen and oxygen atoms in total. The van der Waals surface area contributed by atoms with Crippen molar-refractivity contribution in [1.29, 1.82) is 0 Å². The van der Waals surface area contributed by atoms with Crippen LogP contribution in [-0.2, 0) is 14.9 Å². The maximum absolute atomic E-state index is 12.0. The van der Waals surface area contributed by atoms with Crippen molar-refractivity contribution in [1.82, 2.24) is 5.32 Å². The molecular formula is C24H51N2O5S+. The second-order valence-electron chi connectivity index (χ2n) is 9.94. The van der Waals surface area contributed by atoms with Crippen molar-refractivity contribution in [3.05, 3.63) is 0 Å². The first kappa shape index (κ1) is 31.3. The summed E-state index contributed by atoms with van der Waals surface area (Å²) in [4.78, 5) is 12.0. The van der Waals surface area contributed by atoms with E-state index in [1.807, 2.05) is 14.1 Å². The quantitative estimate of drug-likeness (QED) is 0.122. The number of amides is 1. The van der Waals surface area contributed by atoms with E-state index in [1.165, 1.54) is 70.6 Å². The first-order valence-electron chi connectivity index (χ1n) is 12.8. The van der Waals surface area contributed by atoms with E-state index >= 15 is 0 Å². The molecule has 0 heterocycles. The van der Waals surface area contributed by atoms with Crippen LogP contribution in [-0.4, -0.2) is 74.1 Å². The Hall–Kier alpha value is -0.700. The molecule has 0 aromatic carbocycles. The van der Waals surface area contributed by atoms with Crippen LogP contribution in [0, 0.1) is 0 Å². The zero-order valence-electron chi connectivity index (χ0n) is 21.0. The first-order chi connectivity index (χ1) is 15.1. The van der Waals surface area contributed by atoms with Crippen molar-refractivity contribution in [3.8, 4) is 0 Å². The summed E-state index contributed by atoms with van der Waals surface area (Å²) < 4.78 is 30.9. The van der Waals surface area contributed by atoms with Crippen LogP contribution in [0.2, 0.25) is 0 Å². The maximum atomic E-state index is 12.0. The minimum absolute atomic E-state index is 0.0878. The number of aliphatic hydroxyl groups is 1. The molecule has 1 amide bonds. The molecule has 0 fully saturated rings. The monoisotopic (exact) mass is 479 g/mol. The molecule has 32 heavy (non-hydrogen) atoms. The number of likely N-dealkylation sites (N-methyl/N-ethyl adjacent to an activating group) is 1. The molecule has 0 radical (unpaired) electrons. The summed E-state index contributed by atoms with van der Waals surface area (Å²) >= 11 is 0. The minimum Gasteiger partial charge on any atom is -0.386 e. The van der Waals surface area contributed by atoms with Crippen LogP contribution >= 0.6 is 0 Å². The summed E-state index contributed by atoms with van der Waals surface area (Å²) in [6, 6.07) is 0. The number of unbranched alkanes of at least 4 members (excludes halogenated alkanes) is 12. The van der Waals surface area contributed by atoms with E-state index in [2.05, 4.69) is 12.2 Å². The lowest BCUT2D eigenvalue weighted by molar-refractivity contribution is -0.893. The van der Waals surface area contributed by atoms with Crippen LogP contribution < -0.4 is 5.32 Å². The Morgan fingerprint density at radius 1 is 0.844 bits per heavy atom. The summed E-state index contributed by atoms with van der Waals surface area (Å²) in [5, 5.41) is 12.7. The molecule has 192 valence electrons. The van der Waals surface area contributed by atoms with Crippen molar-refractivity contribution in [2.75, 3.05) is 39.5 Å². The Labute approximate surface area is 197 Å². The SMILES string of the molecule is CCCCCCCCCCCCCCCC(=O)NCCC[N+](C)(C)CC(O)CS(=O)(=O)O. The predicted octanol–water partition coefficient (Wildman–Crippen LogP) is 4.30. The van der Waals surface area contributed by atoms with Crippen LogP contribution in [0.15, 0.2) is 0 Å². The van der Waals surface area contributed by atoms with Gasteiger partial charge in [-0.1, -0.05) is 84.0 Å². The Balaban J connectivity index is 3.55. The lowest BCUT2D eigenvalue weighted by atomic mass is 10.0. The Morgan fingerprint density at radius 2 is 1.31 bits per heavy atom. The highest BCUT2D eigenvalue weighted by Gasteiger charge is 2.24. The fourth-order valence-corrected chi connectivity index (χ4v) is 4.68. The number of carbonyl (C=O) groups excluding carboxylic acids is 1. The molecule has 1 unspecified atom stereocenters. The molecule has 0 saturated heterocycles. The van der Waals surface area contributed by atoms with E-state index in [-0.39, 0.29) is 12.5 Å². The molecule has 0 saturated carbocycles. The van der Waals surface area contributed by atoms with E-state index in [1.54, 1.807) is 0 Å². The molecule has 0 bridgehead atoms. The van der Waals surface area contributed by atoms with Crippen molar-refractivity contribution in [2.24, 2.45) is 0 Å². The fourth-order valence-electron chi connectivity index (χ4n) is 4.08. The summed E-state index contributed by atoms with van der Waals surface area (Å²) in [5.41, 5.74) is 0. The predicted molar refractivity (Wildman–Crippen MR) is 132 cm³/mol. The smallest absolute Gasteiger partial charge is 0.267 e. The number of carbonyl (C=O) groups is 1. The van der Waals surface area contributed by atoms with Crippen molar-refractivity contribution in [3.63, 3.8) is 0 Å². The average molecular weight is 480 g/mol. The van der Waals surface area contributed by atoms with Crippen LogP contribution in [0.1, 0.15) is 103 Å². The van der Waals surface area contributed by atoms with Gasteiger partial charge in [0.05, 0.1) is 20.6 Å². The molecule has 0 aliphatic rings. The molecule has 0 aromatic rings. The van der Waals surface area contributed by atoms with E-state index in [4.69, 9.17) is 4.55 Å². The van der Waals surface area contributed by atoms with Crippen molar-refractivity contribution in [2.45, 2.75) is 109 Å². The standard InChI is InChI=1S/C24H50N2O5S/c1-4-5-6-7-8-9-10-11-12-13-14-15-16-18-24(28)25-19-17-20-26(2,3)21-23(27)22-32(29,30)31/h23,27H,4-22H2,1-3H3,(H-,25,28,29,30,31)/p+1. The number of aliphatic hydroxyl groups excluding tert-OH is 1. The van der Waals surface area contributed by atoms with Gasteiger partial charge in [-0.2, -0.15) is 8.42 Å². The van der Waals surface area contributed by atoms with Gasteiger partial charge in [0.25, 0.3) is 10.1 Å². The van der Waals surface area contributed by atoms with E-state index in [9.17, 15) is 18.3 Å². The maximum Gasteiger partial charge on any atom is 0.267 e. The zero-order valence-corrected chi connectivity index (χ0v) is 21.8. The Morgan fingerprint density at radius 3 is 1.78 bits per heavy atom. The molecule has 0 spiro atoms. The number of nitrogens with zero attached hydrogens (tertiary/aromatic N) is 1. The van der Waals surface area contributed by atoms with Gasteiger partial charge >= 0.3 is 0 Å². The van der Waals surface area contributed by atoms with Gasteiger partial charge in [-0.25, -0.2) is 0 Å². The highest BCUT2D eigenvalue weighted by atomic mass is 32.2. The number of quaternary nitrogens is 1. The topological polar surface area (TPSA) is 104 Å². The van der Waals surface area contributed by atoms with Gasteiger partial charge in [0.2, 0.25) is 5.91 Å². The van der Waals surface area contributed by atoms with Gasteiger partial charge in [0.15, 0.2) is 0 Å².